The van der Waals surface area contributed by atoms with E-state index in [-0.39, 0.29) is 18.5 Å². The van der Waals surface area contributed by atoms with Gasteiger partial charge < -0.3 is 20.1 Å². The Labute approximate surface area is 142 Å². The zero-order valence-corrected chi connectivity index (χ0v) is 14.2. The van der Waals surface area contributed by atoms with Gasteiger partial charge in [0.2, 0.25) is 5.88 Å². The van der Waals surface area contributed by atoms with E-state index in [2.05, 4.69) is 17.2 Å². The van der Waals surface area contributed by atoms with Crippen LogP contribution in [0, 0.1) is 11.8 Å². The number of nitrogens with one attached hydrogen (secondary N) is 1. The van der Waals surface area contributed by atoms with E-state index >= 15 is 0 Å². The maximum atomic E-state index is 12.3. The third kappa shape index (κ3) is 5.11. The van der Waals surface area contributed by atoms with Crippen LogP contribution < -0.4 is 10.1 Å². The van der Waals surface area contributed by atoms with Crippen LogP contribution >= 0.6 is 0 Å². The normalized spacial score (nSPS) is 20.5. The molecule has 24 heavy (non-hydrogen) atoms. The molecule has 0 saturated carbocycles. The summed E-state index contributed by atoms with van der Waals surface area (Å²) in [6, 6.07) is 3.15. The van der Waals surface area contributed by atoms with E-state index in [0.717, 1.165) is 12.8 Å². The number of aliphatic carboxylic acids is 1. The Morgan fingerprint density at radius 1 is 1.42 bits per heavy atom. The van der Waals surface area contributed by atoms with Crippen LogP contribution in [0.25, 0.3) is 0 Å². The van der Waals surface area contributed by atoms with Gasteiger partial charge >= 0.3 is 12.0 Å². The third-order valence-electron chi connectivity index (χ3n) is 4.03. The van der Waals surface area contributed by atoms with E-state index < -0.39 is 11.9 Å². The molecule has 0 aliphatic carbocycles. The van der Waals surface area contributed by atoms with Gasteiger partial charge in [0, 0.05) is 19.2 Å². The molecular weight excluding hydrogens is 310 g/mol. The summed E-state index contributed by atoms with van der Waals surface area (Å²) in [5.74, 6) is -0.668. The maximum Gasteiger partial charge on any atom is 0.321 e. The number of carbonyl (C=O) groups excluding carboxylic acids is 1. The number of aromatic nitrogens is 1. The summed E-state index contributed by atoms with van der Waals surface area (Å²) in [6.07, 6.45) is 4.17. The number of urea groups is 1. The second kappa shape index (κ2) is 8.52. The molecule has 2 rings (SSSR count). The monoisotopic (exact) mass is 335 g/mol. The van der Waals surface area contributed by atoms with Crippen molar-refractivity contribution in [2.24, 2.45) is 11.8 Å². The van der Waals surface area contributed by atoms with E-state index in [4.69, 9.17) is 4.74 Å². The van der Waals surface area contributed by atoms with Gasteiger partial charge in [-0.25, -0.2) is 9.78 Å². The molecule has 2 unspecified atom stereocenters. The van der Waals surface area contributed by atoms with Crippen LogP contribution in [-0.4, -0.2) is 46.7 Å². The summed E-state index contributed by atoms with van der Waals surface area (Å²) in [4.78, 5) is 29.2. The molecule has 1 saturated heterocycles. The Kier molecular flexibility index (Phi) is 6.40. The molecule has 1 aliphatic rings. The number of nitrogens with zero attached hydrogens (tertiary/aromatic N) is 2. The summed E-state index contributed by atoms with van der Waals surface area (Å²) in [5.41, 5.74) is 0.563. The summed E-state index contributed by atoms with van der Waals surface area (Å²) in [7, 11) is 0. The number of pyridine rings is 1. The van der Waals surface area contributed by atoms with Gasteiger partial charge in [-0.3, -0.25) is 4.79 Å². The largest absolute Gasteiger partial charge is 0.481 e. The van der Waals surface area contributed by atoms with Crippen LogP contribution in [0.5, 0.6) is 5.88 Å². The van der Waals surface area contributed by atoms with Gasteiger partial charge in [-0.2, -0.15) is 0 Å². The number of likely N-dealkylation sites (tertiary alicyclic amines) is 1. The van der Waals surface area contributed by atoms with Crippen LogP contribution in [0.4, 0.5) is 10.5 Å². The van der Waals surface area contributed by atoms with Crippen molar-refractivity contribution in [3.63, 3.8) is 0 Å². The Bertz CT molecular complexity index is 561. The second-order valence-corrected chi connectivity index (χ2v) is 6.30. The first-order chi connectivity index (χ1) is 11.5. The fourth-order valence-electron chi connectivity index (χ4n) is 2.76. The highest BCUT2D eigenvalue weighted by molar-refractivity contribution is 5.89. The summed E-state index contributed by atoms with van der Waals surface area (Å²) < 4.78 is 5.48. The number of carbonyl (C=O) groups is 2. The minimum absolute atomic E-state index is 0.165. The average Bonchev–Trinajstić information content (AvgIpc) is 2.56. The molecule has 0 radical (unpaired) electrons. The smallest absolute Gasteiger partial charge is 0.321 e. The van der Waals surface area contributed by atoms with E-state index in [1.165, 1.54) is 0 Å². The fourth-order valence-corrected chi connectivity index (χ4v) is 2.76. The van der Waals surface area contributed by atoms with Gasteiger partial charge in [0.15, 0.2) is 0 Å². The number of anilines is 1. The van der Waals surface area contributed by atoms with Gasteiger partial charge in [0.1, 0.15) is 0 Å². The number of ether oxygens (including phenoxy) is 1. The summed E-state index contributed by atoms with van der Waals surface area (Å²) in [5, 5.41) is 11.9. The highest BCUT2D eigenvalue weighted by atomic mass is 16.5. The third-order valence-corrected chi connectivity index (χ3v) is 4.03. The van der Waals surface area contributed by atoms with E-state index in [1.54, 1.807) is 23.2 Å². The quantitative estimate of drug-likeness (QED) is 0.780. The van der Waals surface area contributed by atoms with Gasteiger partial charge in [0.25, 0.3) is 0 Å². The van der Waals surface area contributed by atoms with Gasteiger partial charge in [-0.05, 0) is 24.8 Å². The Hall–Kier alpha value is -2.31. The number of unbranched alkanes of at least 4 members (excludes halogenated alkanes) is 1. The topological polar surface area (TPSA) is 91.8 Å². The predicted molar refractivity (Wildman–Crippen MR) is 90.1 cm³/mol. The molecule has 2 atom stereocenters. The van der Waals surface area contributed by atoms with Crippen molar-refractivity contribution in [3.8, 4) is 5.88 Å². The lowest BCUT2D eigenvalue weighted by molar-refractivity contribution is -0.143. The van der Waals surface area contributed by atoms with Crippen molar-refractivity contribution in [1.82, 2.24) is 9.88 Å². The molecule has 0 bridgehead atoms. The van der Waals surface area contributed by atoms with Gasteiger partial charge in [-0.1, -0.05) is 20.3 Å². The number of amides is 2. The number of piperidine rings is 1. The second-order valence-electron chi connectivity index (χ2n) is 6.30. The average molecular weight is 335 g/mol. The molecule has 2 N–H and O–H groups in total. The van der Waals surface area contributed by atoms with E-state index in [9.17, 15) is 14.7 Å². The lowest BCUT2D eigenvalue weighted by Gasteiger charge is -2.34. The predicted octanol–water partition coefficient (Wildman–Crippen LogP) is 2.84. The van der Waals surface area contributed by atoms with Crippen molar-refractivity contribution in [2.45, 2.75) is 33.1 Å². The molecule has 1 fully saturated rings. The number of hydrogen-bond donors (Lipinski definition) is 2. The van der Waals surface area contributed by atoms with Gasteiger partial charge in [-0.15, -0.1) is 0 Å². The lowest BCUT2D eigenvalue weighted by Crippen LogP contribution is -2.47. The van der Waals surface area contributed by atoms with Crippen LogP contribution in [0.3, 0.4) is 0 Å². The van der Waals surface area contributed by atoms with Crippen molar-refractivity contribution in [2.75, 3.05) is 25.0 Å². The molecule has 1 aliphatic heterocycles. The number of rotatable bonds is 6. The number of hydrogen-bond acceptors (Lipinski definition) is 4. The molecule has 7 nitrogen and oxygen atoms in total. The van der Waals surface area contributed by atoms with Crippen molar-refractivity contribution in [3.05, 3.63) is 18.3 Å². The van der Waals surface area contributed by atoms with Crippen LogP contribution in [0.15, 0.2) is 18.3 Å². The maximum absolute atomic E-state index is 12.3. The highest BCUT2D eigenvalue weighted by Crippen LogP contribution is 2.22. The van der Waals surface area contributed by atoms with Crippen LogP contribution in [0.1, 0.15) is 33.1 Å². The fraction of sp³-hybridized carbons (Fsp3) is 0.588. The Morgan fingerprint density at radius 2 is 2.21 bits per heavy atom. The van der Waals surface area contributed by atoms with Crippen LogP contribution in [0.2, 0.25) is 0 Å². The molecule has 2 amide bonds. The SMILES string of the molecule is CCCCOc1ccc(NC(=O)N2CC(C)CC(C(=O)O)C2)cn1. The van der Waals surface area contributed by atoms with E-state index in [0.29, 0.717) is 31.1 Å². The zero-order chi connectivity index (χ0) is 17.5. The van der Waals surface area contributed by atoms with Crippen molar-refractivity contribution in [1.29, 1.82) is 0 Å². The molecule has 1 aromatic heterocycles. The Morgan fingerprint density at radius 3 is 2.83 bits per heavy atom. The van der Waals surface area contributed by atoms with E-state index in [1.807, 2.05) is 6.92 Å². The number of carboxylic acids is 1. The molecule has 0 spiro atoms. The minimum Gasteiger partial charge on any atom is -0.481 e. The first kappa shape index (κ1) is 18.0. The van der Waals surface area contributed by atoms with Crippen molar-refractivity contribution < 1.29 is 19.4 Å². The summed E-state index contributed by atoms with van der Waals surface area (Å²) in [6.45, 7) is 5.46. The van der Waals surface area contributed by atoms with Crippen molar-refractivity contribution >= 4 is 17.7 Å². The molecule has 7 heteroatoms. The lowest BCUT2D eigenvalue weighted by atomic mass is 9.91. The standard InChI is InChI=1S/C17H25N3O4/c1-3-4-7-24-15-6-5-14(9-18-15)19-17(23)20-10-12(2)8-13(11-20)16(21)22/h5-6,9,12-13H,3-4,7-8,10-11H2,1-2H3,(H,19,23)(H,21,22). The molecule has 1 aromatic rings. The van der Waals surface area contributed by atoms with Crippen LogP contribution in [-0.2, 0) is 4.79 Å². The Balaban J connectivity index is 1.90. The zero-order valence-electron chi connectivity index (χ0n) is 14.2. The molecular formula is C17H25N3O4. The molecule has 0 aromatic carbocycles. The van der Waals surface area contributed by atoms with Gasteiger partial charge in [0.05, 0.1) is 24.4 Å². The first-order valence-electron chi connectivity index (χ1n) is 8.37. The highest BCUT2D eigenvalue weighted by Gasteiger charge is 2.31. The molecule has 132 valence electrons. The number of carboxylic acid groups (broad SMARTS) is 1. The summed E-state index contributed by atoms with van der Waals surface area (Å²) >= 11 is 0. The molecule has 2 heterocycles. The minimum atomic E-state index is -0.852. The first-order valence-corrected chi connectivity index (χ1v) is 8.37.